The van der Waals surface area contributed by atoms with Crippen molar-refractivity contribution in [2.75, 3.05) is 41.9 Å². The molecule has 0 amide bonds. The van der Waals surface area contributed by atoms with Crippen molar-refractivity contribution >= 4 is 34.9 Å². The van der Waals surface area contributed by atoms with Crippen LogP contribution in [-0.2, 0) is 6.54 Å². The van der Waals surface area contributed by atoms with Crippen molar-refractivity contribution in [2.45, 2.75) is 64.5 Å². The third-order valence-electron chi connectivity index (χ3n) is 6.56. The van der Waals surface area contributed by atoms with E-state index in [1.807, 2.05) is 24.3 Å². The smallest absolute Gasteiger partial charge is 0.232 e. The quantitative estimate of drug-likeness (QED) is 0.590. The largest absolute Gasteiger partial charge is 0.497 e. The maximum Gasteiger partial charge on any atom is 0.232 e. The van der Waals surface area contributed by atoms with Crippen LogP contribution >= 0.6 is 12.2 Å². The van der Waals surface area contributed by atoms with Crippen LogP contribution in [0.4, 0.5) is 17.6 Å². The van der Waals surface area contributed by atoms with Crippen LogP contribution in [0.3, 0.4) is 0 Å². The predicted molar refractivity (Wildman–Crippen MR) is 139 cm³/mol. The number of rotatable bonds is 6. The highest BCUT2D eigenvalue weighted by Crippen LogP contribution is 2.28. The minimum absolute atomic E-state index is 0.485. The van der Waals surface area contributed by atoms with Crippen molar-refractivity contribution in [3.63, 3.8) is 0 Å². The fourth-order valence-electron chi connectivity index (χ4n) is 4.60. The fraction of sp³-hybridized carbons (Fsp3) is 0.560. The molecule has 178 valence electrons. The molecule has 2 aliphatic heterocycles. The second kappa shape index (κ2) is 11.5. The van der Waals surface area contributed by atoms with Gasteiger partial charge < -0.3 is 25.2 Å². The molecule has 1 aromatic heterocycles. The van der Waals surface area contributed by atoms with Gasteiger partial charge in [0.1, 0.15) is 17.4 Å². The number of hydrogen-bond donors (Lipinski definition) is 2. The van der Waals surface area contributed by atoms with Crippen LogP contribution in [0.2, 0.25) is 0 Å². The number of aromatic nitrogens is 2. The van der Waals surface area contributed by atoms with Gasteiger partial charge in [0.15, 0.2) is 5.11 Å². The highest BCUT2D eigenvalue weighted by molar-refractivity contribution is 7.80. The van der Waals surface area contributed by atoms with Gasteiger partial charge in [-0.25, -0.2) is 0 Å². The Hall–Kier alpha value is -2.61. The molecule has 0 bridgehead atoms. The SMILES string of the molecule is COc1ccc(CNC(=S)Nc2nc(N3CCCCCC3)cc(N3CCCCC3C)n2)cc1. The van der Waals surface area contributed by atoms with E-state index in [4.69, 9.17) is 26.9 Å². The molecule has 7 nitrogen and oxygen atoms in total. The van der Waals surface area contributed by atoms with E-state index in [2.05, 4.69) is 33.4 Å². The molecule has 4 rings (SSSR count). The highest BCUT2D eigenvalue weighted by Gasteiger charge is 2.22. The van der Waals surface area contributed by atoms with E-state index in [0.717, 1.165) is 42.6 Å². The molecule has 2 N–H and O–H groups in total. The molecule has 1 aromatic carbocycles. The van der Waals surface area contributed by atoms with Gasteiger partial charge in [-0.15, -0.1) is 0 Å². The van der Waals surface area contributed by atoms with Gasteiger partial charge in [-0.3, -0.25) is 0 Å². The average Bonchev–Trinajstić information content (AvgIpc) is 3.13. The zero-order chi connectivity index (χ0) is 23.0. The standard InChI is InChI=1S/C25H36N6OS/c1-19-9-5-8-16-31(19)23-17-22(30-14-6-3-4-7-15-30)27-24(28-23)29-25(33)26-18-20-10-12-21(32-2)13-11-20/h10-13,17,19H,3-9,14-16,18H2,1-2H3,(H2,26,27,28,29,33). The zero-order valence-electron chi connectivity index (χ0n) is 19.8. The Kier molecular flexibility index (Phi) is 8.20. The van der Waals surface area contributed by atoms with Crippen molar-refractivity contribution in [1.82, 2.24) is 15.3 Å². The molecule has 2 aromatic rings. The van der Waals surface area contributed by atoms with Crippen LogP contribution in [0.15, 0.2) is 30.3 Å². The Bertz CT molecular complexity index is 914. The highest BCUT2D eigenvalue weighted by atomic mass is 32.1. The maximum atomic E-state index is 5.57. The van der Waals surface area contributed by atoms with Gasteiger partial charge in [0, 0.05) is 38.3 Å². The summed E-state index contributed by atoms with van der Waals surface area (Å²) >= 11 is 5.57. The van der Waals surface area contributed by atoms with Crippen molar-refractivity contribution in [2.24, 2.45) is 0 Å². The Morgan fingerprint density at radius 2 is 1.70 bits per heavy atom. The Balaban J connectivity index is 1.49. The number of piperidine rings is 1. The molecule has 2 fully saturated rings. The molecule has 2 saturated heterocycles. The second-order valence-corrected chi connectivity index (χ2v) is 9.41. The molecule has 33 heavy (non-hydrogen) atoms. The number of benzene rings is 1. The number of thiocarbonyl (C=S) groups is 1. The lowest BCUT2D eigenvalue weighted by atomic mass is 10.0. The van der Waals surface area contributed by atoms with Crippen molar-refractivity contribution in [3.05, 3.63) is 35.9 Å². The molecule has 0 radical (unpaired) electrons. The third kappa shape index (κ3) is 6.47. The number of anilines is 3. The number of nitrogens with one attached hydrogen (secondary N) is 2. The Morgan fingerprint density at radius 3 is 2.39 bits per heavy atom. The summed E-state index contributed by atoms with van der Waals surface area (Å²) in [5.74, 6) is 3.41. The monoisotopic (exact) mass is 468 g/mol. The molecule has 1 atom stereocenters. The van der Waals surface area contributed by atoms with Gasteiger partial charge in [0.2, 0.25) is 5.95 Å². The minimum atomic E-state index is 0.485. The third-order valence-corrected chi connectivity index (χ3v) is 6.81. The van der Waals surface area contributed by atoms with Gasteiger partial charge in [-0.1, -0.05) is 25.0 Å². The van der Waals surface area contributed by atoms with Gasteiger partial charge in [-0.2, -0.15) is 9.97 Å². The fourth-order valence-corrected chi connectivity index (χ4v) is 4.76. The molecule has 8 heteroatoms. The van der Waals surface area contributed by atoms with Crippen molar-refractivity contribution < 1.29 is 4.74 Å². The number of ether oxygens (including phenoxy) is 1. The van der Waals surface area contributed by atoms with E-state index in [0.29, 0.717) is 23.6 Å². The average molecular weight is 469 g/mol. The lowest BCUT2D eigenvalue weighted by Gasteiger charge is -2.35. The summed E-state index contributed by atoms with van der Waals surface area (Å²) in [5, 5.41) is 7.04. The number of hydrogen-bond acceptors (Lipinski definition) is 6. The molecule has 0 saturated carbocycles. The summed E-state index contributed by atoms with van der Waals surface area (Å²) in [6.07, 6.45) is 8.70. The Morgan fingerprint density at radius 1 is 1.00 bits per heavy atom. The molecular weight excluding hydrogens is 432 g/mol. The van der Waals surface area contributed by atoms with Crippen LogP contribution in [-0.4, -0.2) is 47.9 Å². The van der Waals surface area contributed by atoms with Crippen LogP contribution in [0, 0.1) is 0 Å². The minimum Gasteiger partial charge on any atom is -0.497 e. The van der Waals surface area contributed by atoms with Crippen LogP contribution in [0.25, 0.3) is 0 Å². The Labute approximate surface area is 202 Å². The first-order valence-electron chi connectivity index (χ1n) is 12.2. The first-order chi connectivity index (χ1) is 16.1. The second-order valence-electron chi connectivity index (χ2n) is 9.00. The van der Waals surface area contributed by atoms with Crippen LogP contribution in [0.5, 0.6) is 5.75 Å². The molecule has 3 heterocycles. The summed E-state index contributed by atoms with van der Waals surface area (Å²) in [6, 6.07) is 10.6. The van der Waals surface area contributed by atoms with E-state index >= 15 is 0 Å². The molecule has 0 spiro atoms. The first kappa shape index (κ1) is 23.5. The van der Waals surface area contributed by atoms with E-state index < -0.39 is 0 Å². The van der Waals surface area contributed by atoms with E-state index in [1.165, 1.54) is 44.9 Å². The lowest BCUT2D eigenvalue weighted by molar-refractivity contribution is 0.414. The molecule has 0 aliphatic carbocycles. The van der Waals surface area contributed by atoms with Crippen LogP contribution < -0.4 is 25.2 Å². The normalized spacial score (nSPS) is 19.0. The van der Waals surface area contributed by atoms with Gasteiger partial charge >= 0.3 is 0 Å². The topological polar surface area (TPSA) is 65.6 Å². The van der Waals surface area contributed by atoms with Gasteiger partial charge in [0.05, 0.1) is 7.11 Å². The van der Waals surface area contributed by atoms with Crippen molar-refractivity contribution in [1.29, 1.82) is 0 Å². The molecule has 2 aliphatic rings. The zero-order valence-corrected chi connectivity index (χ0v) is 20.7. The van der Waals surface area contributed by atoms with E-state index in [-0.39, 0.29) is 0 Å². The number of nitrogens with zero attached hydrogens (tertiary/aromatic N) is 4. The maximum absolute atomic E-state index is 5.57. The first-order valence-corrected chi connectivity index (χ1v) is 12.6. The predicted octanol–water partition coefficient (Wildman–Crippen LogP) is 4.73. The van der Waals surface area contributed by atoms with Crippen LogP contribution in [0.1, 0.15) is 57.4 Å². The van der Waals surface area contributed by atoms with Gasteiger partial charge in [0.25, 0.3) is 0 Å². The van der Waals surface area contributed by atoms with E-state index in [1.54, 1.807) is 7.11 Å². The molecule has 1 unspecified atom stereocenters. The summed E-state index contributed by atoms with van der Waals surface area (Å²) in [7, 11) is 1.67. The summed E-state index contributed by atoms with van der Waals surface area (Å²) in [5.41, 5.74) is 1.13. The summed E-state index contributed by atoms with van der Waals surface area (Å²) in [4.78, 5) is 14.6. The lowest BCUT2D eigenvalue weighted by Crippen LogP contribution is -2.38. The molecular formula is C25H36N6OS. The van der Waals surface area contributed by atoms with Crippen molar-refractivity contribution in [3.8, 4) is 5.75 Å². The summed E-state index contributed by atoms with van der Waals surface area (Å²) in [6.45, 7) is 6.05. The van der Waals surface area contributed by atoms with E-state index in [9.17, 15) is 0 Å². The van der Waals surface area contributed by atoms with Gasteiger partial charge in [-0.05, 0) is 68.9 Å². The summed E-state index contributed by atoms with van der Waals surface area (Å²) < 4.78 is 5.23. The number of methoxy groups -OCH3 is 1.